The molecule has 4 nitrogen and oxygen atoms in total. The van der Waals surface area contributed by atoms with Crippen molar-refractivity contribution in [2.24, 2.45) is 0 Å². The monoisotopic (exact) mass is 241 g/mol. The normalized spacial score (nSPS) is 14.2. The van der Waals surface area contributed by atoms with Gasteiger partial charge < -0.3 is 4.79 Å². The highest BCUT2D eigenvalue weighted by Gasteiger charge is 2.36. The third-order valence-corrected chi connectivity index (χ3v) is 2.56. The Kier molecular flexibility index (Phi) is 2.47. The molecule has 1 aliphatic rings. The van der Waals surface area contributed by atoms with Crippen molar-refractivity contribution < 1.29 is 18.8 Å². The molecule has 1 amide bonds. The molecule has 0 atom stereocenters. The van der Waals surface area contributed by atoms with E-state index in [1.165, 1.54) is 0 Å². The molecular formula is C10H5ClFNO3. The number of aldehydes is 1. The van der Waals surface area contributed by atoms with E-state index in [-0.39, 0.29) is 22.8 Å². The number of carbonyl (C=O) groups excluding carboxylic acids is 3. The van der Waals surface area contributed by atoms with Crippen LogP contribution in [0.15, 0.2) is 12.1 Å². The maximum absolute atomic E-state index is 13.2. The number of rotatable bonds is 2. The first-order valence-electron chi connectivity index (χ1n) is 4.35. The van der Waals surface area contributed by atoms with Gasteiger partial charge in [0, 0.05) is 0 Å². The number of nitrogens with zero attached hydrogens (tertiary/aromatic N) is 1. The summed E-state index contributed by atoms with van der Waals surface area (Å²) in [5.41, 5.74) is 0.113. The highest BCUT2D eigenvalue weighted by Crippen LogP contribution is 2.32. The second-order valence-corrected chi connectivity index (χ2v) is 3.60. The highest BCUT2D eigenvalue weighted by atomic mass is 35.5. The molecule has 0 spiro atoms. The molecule has 0 N–H and O–H groups in total. The Morgan fingerprint density at radius 3 is 2.69 bits per heavy atom. The van der Waals surface area contributed by atoms with Crippen molar-refractivity contribution in [3.8, 4) is 0 Å². The van der Waals surface area contributed by atoms with E-state index in [9.17, 15) is 18.8 Å². The van der Waals surface area contributed by atoms with Crippen molar-refractivity contribution in [2.45, 2.75) is 0 Å². The van der Waals surface area contributed by atoms with Crippen molar-refractivity contribution in [3.05, 3.63) is 28.5 Å². The van der Waals surface area contributed by atoms with Crippen LogP contribution in [-0.4, -0.2) is 24.5 Å². The molecule has 0 unspecified atom stereocenters. The predicted octanol–water partition coefficient (Wildman–Crippen LogP) is 1.21. The summed E-state index contributed by atoms with van der Waals surface area (Å²) >= 11 is 5.50. The first-order valence-corrected chi connectivity index (χ1v) is 4.73. The highest BCUT2D eigenvalue weighted by molar-refractivity contribution is 6.53. The predicted molar refractivity (Wildman–Crippen MR) is 54.2 cm³/mol. The van der Waals surface area contributed by atoms with E-state index >= 15 is 0 Å². The lowest BCUT2D eigenvalue weighted by molar-refractivity contribution is -0.115. The Labute approximate surface area is 94.6 Å². The van der Waals surface area contributed by atoms with Gasteiger partial charge in [-0.25, -0.2) is 4.39 Å². The molecule has 0 fully saturated rings. The third kappa shape index (κ3) is 1.40. The van der Waals surface area contributed by atoms with Gasteiger partial charge in [-0.05, 0) is 12.1 Å². The van der Waals surface area contributed by atoms with Crippen LogP contribution in [0.25, 0.3) is 0 Å². The van der Waals surface area contributed by atoms with Crippen molar-refractivity contribution >= 4 is 35.3 Å². The molecule has 82 valence electrons. The van der Waals surface area contributed by atoms with E-state index in [1.54, 1.807) is 0 Å². The van der Waals surface area contributed by atoms with Gasteiger partial charge in [-0.3, -0.25) is 14.5 Å². The molecule has 0 radical (unpaired) electrons. The maximum atomic E-state index is 13.2. The topological polar surface area (TPSA) is 54.5 Å². The van der Waals surface area contributed by atoms with Crippen molar-refractivity contribution in [3.63, 3.8) is 0 Å². The lowest BCUT2D eigenvalue weighted by Crippen LogP contribution is -2.31. The summed E-state index contributed by atoms with van der Waals surface area (Å²) in [6, 6.07) is 2.07. The molecular weight excluding hydrogens is 237 g/mol. The van der Waals surface area contributed by atoms with Crippen molar-refractivity contribution in [2.75, 3.05) is 11.4 Å². The molecule has 2 rings (SSSR count). The number of fused-ring (bicyclic) bond motifs is 1. The minimum Gasteiger partial charge on any atom is -0.301 e. The van der Waals surface area contributed by atoms with Crippen molar-refractivity contribution in [1.82, 2.24) is 0 Å². The zero-order valence-corrected chi connectivity index (χ0v) is 8.62. The molecule has 0 bridgehead atoms. The minimum atomic E-state index is -0.844. The van der Waals surface area contributed by atoms with Gasteiger partial charge >= 0.3 is 0 Å². The van der Waals surface area contributed by atoms with Gasteiger partial charge in [0.05, 0.1) is 22.8 Å². The zero-order valence-electron chi connectivity index (χ0n) is 7.87. The van der Waals surface area contributed by atoms with Crippen LogP contribution in [0.5, 0.6) is 0 Å². The number of amides is 1. The number of halogens is 2. The number of carbonyl (C=O) groups is 3. The average molecular weight is 242 g/mol. The SMILES string of the molecule is O=CCN1C(=O)C(=O)c2cc(Cl)c(F)cc21. The van der Waals surface area contributed by atoms with Crippen LogP contribution >= 0.6 is 11.6 Å². The molecule has 1 heterocycles. The first kappa shape index (κ1) is 10.8. The van der Waals surface area contributed by atoms with Crippen LogP contribution in [0.3, 0.4) is 0 Å². The second-order valence-electron chi connectivity index (χ2n) is 3.20. The van der Waals surface area contributed by atoms with E-state index in [0.29, 0.717) is 6.29 Å². The summed E-state index contributed by atoms with van der Waals surface area (Å²) in [5, 5.41) is -0.229. The number of hydrogen-bond donors (Lipinski definition) is 0. The molecule has 0 saturated carbocycles. The van der Waals surface area contributed by atoms with E-state index < -0.39 is 17.5 Å². The van der Waals surface area contributed by atoms with Gasteiger partial charge in [0.1, 0.15) is 12.1 Å². The Balaban J connectivity index is 2.61. The fourth-order valence-corrected chi connectivity index (χ4v) is 1.71. The largest absolute Gasteiger partial charge is 0.301 e. The van der Waals surface area contributed by atoms with Gasteiger partial charge in [0.25, 0.3) is 11.7 Å². The summed E-state index contributed by atoms with van der Waals surface area (Å²) < 4.78 is 13.2. The molecule has 1 aromatic carbocycles. The molecule has 1 aromatic rings. The van der Waals surface area contributed by atoms with E-state index in [2.05, 4.69) is 0 Å². The summed E-state index contributed by atoms with van der Waals surface area (Å²) in [7, 11) is 0. The Hall–Kier alpha value is -1.75. The Bertz CT molecular complexity index is 515. The fourth-order valence-electron chi connectivity index (χ4n) is 1.54. The van der Waals surface area contributed by atoms with Gasteiger partial charge in [-0.15, -0.1) is 0 Å². The van der Waals surface area contributed by atoms with Gasteiger partial charge in [-0.2, -0.15) is 0 Å². The summed E-state index contributed by atoms with van der Waals surface area (Å²) in [6.07, 6.45) is 0.465. The minimum absolute atomic E-state index is 0.0262. The van der Waals surface area contributed by atoms with Gasteiger partial charge in [-0.1, -0.05) is 11.6 Å². The lowest BCUT2D eigenvalue weighted by Gasteiger charge is -2.12. The van der Waals surface area contributed by atoms with E-state index in [1.807, 2.05) is 0 Å². The maximum Gasteiger partial charge on any atom is 0.299 e. The molecule has 0 aliphatic carbocycles. The summed E-state index contributed by atoms with van der Waals surface area (Å²) in [5.74, 6) is -2.36. The first-order chi connectivity index (χ1) is 7.56. The number of ketones is 1. The number of hydrogen-bond acceptors (Lipinski definition) is 3. The van der Waals surface area contributed by atoms with Crippen LogP contribution in [0.4, 0.5) is 10.1 Å². The van der Waals surface area contributed by atoms with Gasteiger partial charge in [0.2, 0.25) is 0 Å². The Morgan fingerprint density at radius 1 is 1.38 bits per heavy atom. The molecule has 0 saturated heterocycles. The second kappa shape index (κ2) is 3.68. The van der Waals surface area contributed by atoms with E-state index in [4.69, 9.17) is 11.6 Å². The van der Waals surface area contributed by atoms with Gasteiger partial charge in [0.15, 0.2) is 0 Å². The average Bonchev–Trinajstić information content (AvgIpc) is 2.46. The molecule has 16 heavy (non-hydrogen) atoms. The smallest absolute Gasteiger partial charge is 0.299 e. The van der Waals surface area contributed by atoms with E-state index in [0.717, 1.165) is 17.0 Å². The summed E-state index contributed by atoms with van der Waals surface area (Å²) in [4.78, 5) is 34.2. The van der Waals surface area contributed by atoms with Crippen LogP contribution < -0.4 is 4.90 Å². The third-order valence-electron chi connectivity index (χ3n) is 2.27. The molecule has 6 heteroatoms. The number of benzene rings is 1. The molecule has 0 aromatic heterocycles. The zero-order chi connectivity index (χ0) is 11.9. The molecule has 1 aliphatic heterocycles. The number of Topliss-reactive ketones (excluding diaryl/α,β-unsaturated/α-hetero) is 1. The number of anilines is 1. The quantitative estimate of drug-likeness (QED) is 0.578. The standard InChI is InChI=1S/C10H5ClFNO3/c11-6-3-5-8(4-7(6)12)13(1-2-14)10(16)9(5)15/h2-4H,1H2. The summed E-state index contributed by atoms with van der Waals surface area (Å²) in [6.45, 7) is -0.279. The van der Waals surface area contributed by atoms with Crippen LogP contribution in [0, 0.1) is 5.82 Å². The van der Waals surface area contributed by atoms with Crippen LogP contribution in [0.1, 0.15) is 10.4 Å². The van der Waals surface area contributed by atoms with Crippen LogP contribution in [0.2, 0.25) is 5.02 Å². The fraction of sp³-hybridized carbons (Fsp3) is 0.100. The van der Waals surface area contributed by atoms with Crippen molar-refractivity contribution in [1.29, 1.82) is 0 Å². The van der Waals surface area contributed by atoms with Crippen LogP contribution in [-0.2, 0) is 9.59 Å². The Morgan fingerprint density at radius 2 is 2.06 bits per heavy atom. The lowest BCUT2D eigenvalue weighted by atomic mass is 10.1.